The fourth-order valence-corrected chi connectivity index (χ4v) is 4.71. The Kier molecular flexibility index (Phi) is 5.19. The third-order valence-corrected chi connectivity index (χ3v) is 5.88. The molecule has 0 atom stereocenters. The predicted octanol–water partition coefficient (Wildman–Crippen LogP) is 4.13. The first-order valence-electron chi connectivity index (χ1n) is 8.56. The first kappa shape index (κ1) is 17.0. The predicted molar refractivity (Wildman–Crippen MR) is 96.4 cm³/mol. The van der Waals surface area contributed by atoms with E-state index in [-0.39, 0.29) is 12.3 Å². The Hall–Kier alpha value is -1.88. The van der Waals surface area contributed by atoms with Crippen LogP contribution in [0, 0.1) is 0 Å². The van der Waals surface area contributed by atoms with Gasteiger partial charge in [0.25, 0.3) is 0 Å². The van der Waals surface area contributed by atoms with E-state index in [1.165, 1.54) is 15.6 Å². The third-order valence-electron chi connectivity index (χ3n) is 4.87. The standard InChI is InChI=1S/C19H23NO3S/c21-17(20-19(12-18(22)23)10-3-4-11-19)9-5-6-14-13-24-16-8-2-1-7-15(14)16/h1-2,7-8,13H,3-6,9-12H2,(H,20,21)(H,22,23). The fraction of sp³-hybridized carbons (Fsp3) is 0.474. The van der Waals surface area contributed by atoms with Gasteiger partial charge >= 0.3 is 5.97 Å². The molecule has 0 aliphatic heterocycles. The lowest BCUT2D eigenvalue weighted by atomic mass is 9.93. The second-order valence-electron chi connectivity index (χ2n) is 6.72. The quantitative estimate of drug-likeness (QED) is 0.793. The molecule has 24 heavy (non-hydrogen) atoms. The minimum Gasteiger partial charge on any atom is -0.481 e. The number of benzene rings is 1. The largest absolute Gasteiger partial charge is 0.481 e. The number of hydrogen-bond donors (Lipinski definition) is 2. The highest BCUT2D eigenvalue weighted by Crippen LogP contribution is 2.33. The summed E-state index contributed by atoms with van der Waals surface area (Å²) in [5, 5.41) is 15.6. The minimum atomic E-state index is -0.832. The topological polar surface area (TPSA) is 66.4 Å². The first-order valence-corrected chi connectivity index (χ1v) is 9.44. The van der Waals surface area contributed by atoms with Gasteiger partial charge in [0.15, 0.2) is 0 Å². The molecule has 1 aliphatic carbocycles. The van der Waals surface area contributed by atoms with Crippen LogP contribution in [-0.2, 0) is 16.0 Å². The Balaban J connectivity index is 1.53. The normalized spacial score (nSPS) is 16.3. The summed E-state index contributed by atoms with van der Waals surface area (Å²) in [4.78, 5) is 23.4. The van der Waals surface area contributed by atoms with Gasteiger partial charge in [0, 0.05) is 11.1 Å². The zero-order chi connectivity index (χ0) is 17.0. The average Bonchev–Trinajstić information content (AvgIpc) is 3.14. The van der Waals surface area contributed by atoms with Gasteiger partial charge in [-0.3, -0.25) is 9.59 Å². The molecule has 2 aromatic rings. The number of fused-ring (bicyclic) bond motifs is 1. The van der Waals surface area contributed by atoms with Crippen molar-refractivity contribution in [2.24, 2.45) is 0 Å². The third kappa shape index (κ3) is 3.96. The van der Waals surface area contributed by atoms with Gasteiger partial charge in [-0.15, -0.1) is 11.3 Å². The molecule has 1 saturated carbocycles. The Bertz CT molecular complexity index is 731. The number of carboxylic acid groups (broad SMARTS) is 1. The first-order chi connectivity index (χ1) is 11.6. The average molecular weight is 345 g/mol. The number of rotatable bonds is 7. The molecule has 0 spiro atoms. The number of carbonyl (C=O) groups is 2. The lowest BCUT2D eigenvalue weighted by molar-refractivity contribution is -0.139. The van der Waals surface area contributed by atoms with Gasteiger partial charge in [0.1, 0.15) is 0 Å². The molecule has 3 rings (SSSR count). The molecule has 0 unspecified atom stereocenters. The van der Waals surface area contributed by atoms with Crippen LogP contribution in [0.25, 0.3) is 10.1 Å². The van der Waals surface area contributed by atoms with Gasteiger partial charge in [0.05, 0.1) is 12.0 Å². The summed E-state index contributed by atoms with van der Waals surface area (Å²) in [6, 6.07) is 8.33. The Morgan fingerprint density at radius 3 is 2.71 bits per heavy atom. The van der Waals surface area contributed by atoms with E-state index < -0.39 is 11.5 Å². The van der Waals surface area contributed by atoms with E-state index in [0.717, 1.165) is 38.5 Å². The van der Waals surface area contributed by atoms with Crippen molar-refractivity contribution in [1.82, 2.24) is 5.32 Å². The molecule has 128 valence electrons. The molecule has 2 N–H and O–H groups in total. The molecular weight excluding hydrogens is 322 g/mol. The summed E-state index contributed by atoms with van der Waals surface area (Å²) >= 11 is 1.74. The van der Waals surface area contributed by atoms with E-state index in [4.69, 9.17) is 5.11 Å². The zero-order valence-electron chi connectivity index (χ0n) is 13.7. The number of nitrogens with one attached hydrogen (secondary N) is 1. The van der Waals surface area contributed by atoms with Gasteiger partial charge < -0.3 is 10.4 Å². The molecule has 1 amide bonds. The molecule has 1 aliphatic rings. The number of amides is 1. The summed E-state index contributed by atoms with van der Waals surface area (Å²) < 4.78 is 1.28. The minimum absolute atomic E-state index is 0.0160. The second-order valence-corrected chi connectivity index (χ2v) is 7.63. The lowest BCUT2D eigenvalue weighted by Crippen LogP contribution is -2.47. The molecule has 0 radical (unpaired) electrons. The number of aryl methyl sites for hydroxylation is 1. The molecular formula is C19H23NO3S. The van der Waals surface area contributed by atoms with Gasteiger partial charge in [-0.25, -0.2) is 0 Å². The molecule has 5 heteroatoms. The lowest BCUT2D eigenvalue weighted by Gasteiger charge is -2.28. The van der Waals surface area contributed by atoms with Gasteiger partial charge in [-0.1, -0.05) is 31.0 Å². The van der Waals surface area contributed by atoms with Crippen LogP contribution in [0.1, 0.15) is 50.5 Å². The van der Waals surface area contributed by atoms with E-state index in [0.29, 0.717) is 6.42 Å². The van der Waals surface area contributed by atoms with Crippen molar-refractivity contribution in [3.05, 3.63) is 35.2 Å². The van der Waals surface area contributed by atoms with Crippen LogP contribution in [0.3, 0.4) is 0 Å². The smallest absolute Gasteiger partial charge is 0.305 e. The molecule has 1 heterocycles. The maximum Gasteiger partial charge on any atom is 0.305 e. The molecule has 0 saturated heterocycles. The number of aliphatic carboxylic acids is 1. The maximum atomic E-state index is 12.3. The van der Waals surface area contributed by atoms with Crippen molar-refractivity contribution in [1.29, 1.82) is 0 Å². The van der Waals surface area contributed by atoms with E-state index in [2.05, 4.69) is 22.8 Å². The van der Waals surface area contributed by atoms with Gasteiger partial charge in [-0.05, 0) is 48.1 Å². The van der Waals surface area contributed by atoms with Crippen LogP contribution in [0.5, 0.6) is 0 Å². The van der Waals surface area contributed by atoms with Crippen LogP contribution < -0.4 is 5.32 Å². The van der Waals surface area contributed by atoms with Crippen LogP contribution in [-0.4, -0.2) is 22.5 Å². The van der Waals surface area contributed by atoms with Crippen molar-refractivity contribution < 1.29 is 14.7 Å². The Morgan fingerprint density at radius 1 is 1.21 bits per heavy atom. The highest BCUT2D eigenvalue weighted by Gasteiger charge is 2.37. The van der Waals surface area contributed by atoms with E-state index >= 15 is 0 Å². The number of carboxylic acids is 1. The maximum absolute atomic E-state index is 12.3. The number of hydrogen-bond acceptors (Lipinski definition) is 3. The summed E-state index contributed by atoms with van der Waals surface area (Å²) in [5.41, 5.74) is 0.780. The van der Waals surface area contributed by atoms with Crippen LogP contribution in [0.4, 0.5) is 0 Å². The van der Waals surface area contributed by atoms with Crippen molar-refractivity contribution in [2.75, 3.05) is 0 Å². The molecule has 1 aromatic carbocycles. The van der Waals surface area contributed by atoms with Gasteiger partial charge in [0.2, 0.25) is 5.91 Å². The van der Waals surface area contributed by atoms with Crippen molar-refractivity contribution >= 4 is 33.3 Å². The molecule has 0 bridgehead atoms. The van der Waals surface area contributed by atoms with E-state index in [9.17, 15) is 9.59 Å². The van der Waals surface area contributed by atoms with Crippen LogP contribution in [0.15, 0.2) is 29.6 Å². The second kappa shape index (κ2) is 7.34. The van der Waals surface area contributed by atoms with Crippen molar-refractivity contribution in [3.8, 4) is 0 Å². The summed E-state index contributed by atoms with van der Waals surface area (Å²) in [7, 11) is 0. The van der Waals surface area contributed by atoms with Crippen molar-refractivity contribution in [2.45, 2.75) is 56.9 Å². The van der Waals surface area contributed by atoms with E-state index in [1.54, 1.807) is 11.3 Å². The van der Waals surface area contributed by atoms with E-state index in [1.807, 2.05) is 12.1 Å². The van der Waals surface area contributed by atoms with Crippen molar-refractivity contribution in [3.63, 3.8) is 0 Å². The molecule has 1 fully saturated rings. The fourth-order valence-electron chi connectivity index (χ4n) is 3.71. The molecule has 4 nitrogen and oxygen atoms in total. The summed E-state index contributed by atoms with van der Waals surface area (Å²) in [6.45, 7) is 0. The molecule has 1 aromatic heterocycles. The van der Waals surface area contributed by atoms with Crippen LogP contribution >= 0.6 is 11.3 Å². The van der Waals surface area contributed by atoms with Crippen LogP contribution in [0.2, 0.25) is 0 Å². The summed E-state index contributed by atoms with van der Waals surface area (Å²) in [5.74, 6) is -0.848. The number of carbonyl (C=O) groups excluding carboxylic acids is 1. The SMILES string of the molecule is O=C(O)CC1(NC(=O)CCCc2csc3ccccc23)CCCC1. The zero-order valence-corrected chi connectivity index (χ0v) is 14.5. The summed E-state index contributed by atoms with van der Waals surface area (Å²) in [6.07, 6.45) is 5.70. The highest BCUT2D eigenvalue weighted by atomic mass is 32.1. The Morgan fingerprint density at radius 2 is 1.96 bits per heavy atom. The number of thiophene rings is 1. The monoisotopic (exact) mass is 345 g/mol. The highest BCUT2D eigenvalue weighted by molar-refractivity contribution is 7.17. The Labute approximate surface area is 145 Å². The van der Waals surface area contributed by atoms with Gasteiger partial charge in [-0.2, -0.15) is 0 Å².